The number of hydrogen-bond acceptors (Lipinski definition) is 4. The Morgan fingerprint density at radius 1 is 1.13 bits per heavy atom. The second-order valence-electron chi connectivity index (χ2n) is 6.46. The number of nitrogens with one attached hydrogen (secondary N) is 1. The first-order chi connectivity index (χ1) is 11.1. The summed E-state index contributed by atoms with van der Waals surface area (Å²) in [5.74, 6) is 0.0361. The number of aromatic nitrogens is 1. The van der Waals surface area contributed by atoms with Crippen molar-refractivity contribution >= 4 is 20.9 Å². The smallest absolute Gasteiger partial charge is 0.218 e. The Kier molecular flexibility index (Phi) is 3.83. The molecule has 2 unspecified atom stereocenters. The van der Waals surface area contributed by atoms with Gasteiger partial charge in [-0.3, -0.25) is 4.98 Å². The average Bonchev–Trinajstić information content (AvgIpc) is 2.81. The van der Waals surface area contributed by atoms with Crippen molar-refractivity contribution < 1.29 is 8.42 Å². The Bertz CT molecular complexity index is 802. The van der Waals surface area contributed by atoms with Gasteiger partial charge in [0.25, 0.3) is 0 Å². The van der Waals surface area contributed by atoms with E-state index in [0.29, 0.717) is 0 Å². The first-order valence-electron chi connectivity index (χ1n) is 8.20. The van der Waals surface area contributed by atoms with Gasteiger partial charge in [0.15, 0.2) is 0 Å². The van der Waals surface area contributed by atoms with Crippen molar-refractivity contribution in [1.82, 2.24) is 14.6 Å². The minimum absolute atomic E-state index is 0.0361. The van der Waals surface area contributed by atoms with Crippen LogP contribution in [0.3, 0.4) is 0 Å². The molecule has 5 nitrogen and oxygen atoms in total. The predicted molar refractivity (Wildman–Crippen MR) is 90.5 cm³/mol. The molecule has 0 radical (unpaired) electrons. The zero-order chi connectivity index (χ0) is 15.9. The maximum Gasteiger partial charge on any atom is 0.218 e. The van der Waals surface area contributed by atoms with E-state index in [2.05, 4.69) is 10.3 Å². The number of sulfonamides is 1. The van der Waals surface area contributed by atoms with Crippen LogP contribution in [0.2, 0.25) is 0 Å². The van der Waals surface area contributed by atoms with Crippen LogP contribution in [0.1, 0.15) is 24.8 Å². The number of pyridine rings is 1. The molecular weight excluding hydrogens is 310 g/mol. The second-order valence-corrected chi connectivity index (χ2v) is 8.33. The van der Waals surface area contributed by atoms with Gasteiger partial charge in [-0.1, -0.05) is 24.3 Å². The molecule has 0 spiro atoms. The van der Waals surface area contributed by atoms with Gasteiger partial charge < -0.3 is 5.32 Å². The SMILES string of the molecule is O=S(=O)(Cc1cccc2cccnc12)N1C2CCNCC1CC2. The van der Waals surface area contributed by atoms with E-state index in [0.717, 1.165) is 48.8 Å². The molecule has 1 aromatic heterocycles. The van der Waals surface area contributed by atoms with Crippen molar-refractivity contribution in [2.45, 2.75) is 37.1 Å². The van der Waals surface area contributed by atoms with Gasteiger partial charge in [0.1, 0.15) is 0 Å². The zero-order valence-corrected chi connectivity index (χ0v) is 13.8. The van der Waals surface area contributed by atoms with E-state index in [9.17, 15) is 8.42 Å². The summed E-state index contributed by atoms with van der Waals surface area (Å²) in [5, 5.41) is 4.34. The largest absolute Gasteiger partial charge is 0.315 e. The van der Waals surface area contributed by atoms with E-state index in [1.807, 2.05) is 30.3 Å². The molecule has 23 heavy (non-hydrogen) atoms. The highest BCUT2D eigenvalue weighted by molar-refractivity contribution is 7.88. The number of hydrogen-bond donors (Lipinski definition) is 1. The van der Waals surface area contributed by atoms with Crippen molar-refractivity contribution in [2.75, 3.05) is 13.1 Å². The van der Waals surface area contributed by atoms with Crippen LogP contribution < -0.4 is 5.32 Å². The molecule has 0 amide bonds. The van der Waals surface area contributed by atoms with E-state index in [-0.39, 0.29) is 17.8 Å². The molecule has 3 heterocycles. The summed E-state index contributed by atoms with van der Waals surface area (Å²) in [5.41, 5.74) is 1.58. The summed E-state index contributed by atoms with van der Waals surface area (Å²) in [7, 11) is -3.33. The molecule has 6 heteroatoms. The second kappa shape index (κ2) is 5.85. The number of benzene rings is 1. The van der Waals surface area contributed by atoms with Gasteiger partial charge in [-0.2, -0.15) is 4.31 Å². The minimum Gasteiger partial charge on any atom is -0.315 e. The molecule has 2 aromatic rings. The third-order valence-electron chi connectivity index (χ3n) is 4.96. The van der Waals surface area contributed by atoms with Gasteiger partial charge >= 0.3 is 0 Å². The third kappa shape index (κ3) is 2.75. The molecule has 1 aromatic carbocycles. The number of nitrogens with zero attached hydrogens (tertiary/aromatic N) is 2. The lowest BCUT2D eigenvalue weighted by Crippen LogP contribution is -2.43. The van der Waals surface area contributed by atoms with Gasteiger partial charge in [-0.25, -0.2) is 8.42 Å². The summed E-state index contributed by atoms with van der Waals surface area (Å²) in [6.07, 6.45) is 4.57. The normalized spacial score (nSPS) is 25.6. The summed E-state index contributed by atoms with van der Waals surface area (Å²) in [4.78, 5) is 4.39. The van der Waals surface area contributed by atoms with Crippen LogP contribution in [0.5, 0.6) is 0 Å². The lowest BCUT2D eigenvalue weighted by Gasteiger charge is -2.27. The summed E-state index contributed by atoms with van der Waals surface area (Å²) in [6, 6.07) is 9.87. The molecule has 2 saturated heterocycles. The molecule has 2 aliphatic rings. The van der Waals surface area contributed by atoms with Crippen LogP contribution in [0.25, 0.3) is 10.9 Å². The Hall–Kier alpha value is -1.50. The number of para-hydroxylation sites is 1. The van der Waals surface area contributed by atoms with Gasteiger partial charge in [-0.15, -0.1) is 0 Å². The van der Waals surface area contributed by atoms with Crippen molar-refractivity contribution in [3.8, 4) is 0 Å². The Balaban J connectivity index is 1.69. The molecule has 1 N–H and O–H groups in total. The molecule has 4 rings (SSSR count). The quantitative estimate of drug-likeness (QED) is 0.933. The third-order valence-corrected chi connectivity index (χ3v) is 6.88. The van der Waals surface area contributed by atoms with Gasteiger partial charge in [-0.05, 0) is 37.4 Å². The van der Waals surface area contributed by atoms with Gasteiger partial charge in [0.05, 0.1) is 11.3 Å². The van der Waals surface area contributed by atoms with Crippen LogP contribution in [-0.2, 0) is 15.8 Å². The van der Waals surface area contributed by atoms with E-state index in [1.165, 1.54) is 0 Å². The molecule has 0 saturated carbocycles. The monoisotopic (exact) mass is 331 g/mol. The first-order valence-corrected chi connectivity index (χ1v) is 9.80. The average molecular weight is 331 g/mol. The molecule has 0 aliphatic carbocycles. The van der Waals surface area contributed by atoms with Crippen molar-refractivity contribution in [1.29, 1.82) is 0 Å². The topological polar surface area (TPSA) is 62.3 Å². The fourth-order valence-corrected chi connectivity index (χ4v) is 6.02. The van der Waals surface area contributed by atoms with E-state index in [4.69, 9.17) is 0 Å². The van der Waals surface area contributed by atoms with E-state index >= 15 is 0 Å². The fourth-order valence-electron chi connectivity index (χ4n) is 3.95. The maximum absolute atomic E-state index is 13.1. The van der Waals surface area contributed by atoms with Crippen molar-refractivity contribution in [2.24, 2.45) is 0 Å². The van der Waals surface area contributed by atoms with Crippen LogP contribution >= 0.6 is 0 Å². The lowest BCUT2D eigenvalue weighted by atomic mass is 10.1. The maximum atomic E-state index is 13.1. The van der Waals surface area contributed by atoms with Gasteiger partial charge in [0, 0.05) is 30.2 Å². The minimum atomic E-state index is -3.33. The Morgan fingerprint density at radius 3 is 2.87 bits per heavy atom. The predicted octanol–water partition coefficient (Wildman–Crippen LogP) is 1.89. The molecule has 2 fully saturated rings. The van der Waals surface area contributed by atoms with Crippen molar-refractivity contribution in [3.05, 3.63) is 42.1 Å². The van der Waals surface area contributed by atoms with E-state index in [1.54, 1.807) is 10.5 Å². The molecule has 2 atom stereocenters. The Morgan fingerprint density at radius 2 is 1.96 bits per heavy atom. The van der Waals surface area contributed by atoms with Crippen LogP contribution in [0, 0.1) is 0 Å². The zero-order valence-electron chi connectivity index (χ0n) is 13.0. The van der Waals surface area contributed by atoms with E-state index < -0.39 is 10.0 Å². The highest BCUT2D eigenvalue weighted by Crippen LogP contribution is 2.32. The lowest BCUT2D eigenvalue weighted by molar-refractivity contribution is 0.334. The standard InChI is InChI=1S/C17H21N3O2S/c21-23(22,20-15-6-7-16(20)11-18-10-8-15)12-14-4-1-3-13-5-2-9-19-17(13)14/h1-5,9,15-16,18H,6-8,10-12H2. The number of rotatable bonds is 3. The van der Waals surface area contributed by atoms with Crippen LogP contribution in [0.4, 0.5) is 0 Å². The molecule has 2 bridgehead atoms. The van der Waals surface area contributed by atoms with Crippen molar-refractivity contribution in [3.63, 3.8) is 0 Å². The fraction of sp³-hybridized carbons (Fsp3) is 0.471. The summed E-state index contributed by atoms with van der Waals surface area (Å²) >= 11 is 0. The number of fused-ring (bicyclic) bond motifs is 3. The highest BCUT2D eigenvalue weighted by atomic mass is 32.2. The van der Waals surface area contributed by atoms with Crippen LogP contribution in [0.15, 0.2) is 36.5 Å². The highest BCUT2D eigenvalue weighted by Gasteiger charge is 2.42. The first kappa shape index (κ1) is 15.1. The summed E-state index contributed by atoms with van der Waals surface area (Å²) in [6.45, 7) is 1.67. The Labute approximate surface area is 136 Å². The molecule has 2 aliphatic heterocycles. The summed E-state index contributed by atoms with van der Waals surface area (Å²) < 4.78 is 28.0. The van der Waals surface area contributed by atoms with Gasteiger partial charge in [0.2, 0.25) is 10.0 Å². The molecule has 122 valence electrons. The van der Waals surface area contributed by atoms with Crippen LogP contribution in [-0.4, -0.2) is 42.9 Å². The molecular formula is C17H21N3O2S.